The van der Waals surface area contributed by atoms with E-state index >= 15 is 14.4 Å². The van der Waals surface area contributed by atoms with E-state index < -0.39 is 108 Å². The first kappa shape index (κ1) is 63.2. The van der Waals surface area contributed by atoms with Crippen LogP contribution in [-0.2, 0) is 47.9 Å². The average molecular weight is 1170 g/mol. The van der Waals surface area contributed by atoms with Crippen LogP contribution < -0.4 is 31.9 Å². The molecule has 0 aromatic rings. The van der Waals surface area contributed by atoms with Gasteiger partial charge >= 0.3 is 0 Å². The molecule has 9 fully saturated rings. The molecule has 5 aliphatic heterocycles. The molecule has 9 rings (SSSR count). The maximum Gasteiger partial charge on any atom is 0.246 e. The molecule has 4 aliphatic carbocycles. The standard InChI is InChI=1S/C64H102N10O10/c1-40(2)54-64(84)74-35-19-31-53(74)63(83)71-32-16-28-50(71)59(79)65-41(3)55(75)66-46(36-42-20-8-4-9-21-42)57(77)69-49(39-45-26-14-7-15-27-45)61(81)73-34-18-30-52(73)62(82)72-33-17-29-51(72)60(80)68-47(37-43-22-10-5-11-23-43)56(76)67-48(58(78)70-54)38-44-24-12-6-13-25-44/h40-54H,4-39H2,1-3H3,(H,65,79)(H,66,75)(H,67,76)(H,68,80)(H,69,77)(H,70,78)/t41-,46-,47-,48-,49-,50?,51?,52-,53-,54-/m0/s1. The largest absolute Gasteiger partial charge is 0.343 e. The summed E-state index contributed by atoms with van der Waals surface area (Å²) in [5.74, 6) is -4.33. The Kier molecular flexibility index (Phi) is 22.5. The van der Waals surface area contributed by atoms with Gasteiger partial charge in [-0.05, 0) is 114 Å². The van der Waals surface area contributed by atoms with Crippen molar-refractivity contribution < 1.29 is 47.9 Å². The van der Waals surface area contributed by atoms with Crippen LogP contribution in [0.25, 0.3) is 0 Å². The Balaban J connectivity index is 1.04. The maximum atomic E-state index is 15.2. The van der Waals surface area contributed by atoms with E-state index in [1.807, 2.05) is 13.8 Å². The first-order valence-corrected chi connectivity index (χ1v) is 33.6. The number of hydrogen-bond donors (Lipinski definition) is 6. The minimum Gasteiger partial charge on any atom is -0.343 e. The zero-order valence-electron chi connectivity index (χ0n) is 51.0. The molecule has 10 atom stereocenters. The van der Waals surface area contributed by atoms with E-state index in [2.05, 4.69) is 31.9 Å². The van der Waals surface area contributed by atoms with Gasteiger partial charge in [0.05, 0.1) is 0 Å². The van der Waals surface area contributed by atoms with Crippen LogP contribution in [-0.4, -0.2) is 165 Å². The molecular weight excluding hydrogens is 1070 g/mol. The van der Waals surface area contributed by atoms with Gasteiger partial charge < -0.3 is 51.5 Å². The van der Waals surface area contributed by atoms with Gasteiger partial charge in [-0.15, -0.1) is 0 Å². The van der Waals surface area contributed by atoms with Crippen LogP contribution >= 0.6 is 0 Å². The highest BCUT2D eigenvalue weighted by Gasteiger charge is 2.48. The van der Waals surface area contributed by atoms with E-state index in [4.69, 9.17) is 0 Å². The topological polar surface area (TPSA) is 256 Å². The first-order chi connectivity index (χ1) is 40.5. The summed E-state index contributed by atoms with van der Waals surface area (Å²) in [5, 5.41) is 18.3. The number of nitrogens with zero attached hydrogens (tertiary/aromatic N) is 4. The van der Waals surface area contributed by atoms with Gasteiger partial charge in [0.15, 0.2) is 0 Å². The fourth-order valence-corrected chi connectivity index (χ4v) is 16.1. The van der Waals surface area contributed by atoms with Crippen LogP contribution in [0.1, 0.15) is 226 Å². The Hall–Kier alpha value is -5.30. The lowest BCUT2D eigenvalue weighted by atomic mass is 9.83. The van der Waals surface area contributed by atoms with Crippen LogP contribution in [0.5, 0.6) is 0 Å². The lowest BCUT2D eigenvalue weighted by Crippen LogP contribution is -2.61. The quantitative estimate of drug-likeness (QED) is 0.171. The summed E-state index contributed by atoms with van der Waals surface area (Å²) in [7, 11) is 0. The summed E-state index contributed by atoms with van der Waals surface area (Å²) >= 11 is 0. The SMILES string of the molecule is CC(C)[C@@H]1NC(=O)[C@H](CC2CCCCC2)NC(=O)[C@H](CC2CCCCC2)NC(=O)C2CCCN2C(=O)[C@@H]2CCCN2C(=O)[C@H](CC2CCCCC2)NC(=O)[C@H](CC2CCCCC2)NC(=O)[C@H](C)NC(=O)C2CCCN2C(=O)[C@@H]2CCCN2C1=O. The van der Waals surface area contributed by atoms with E-state index in [9.17, 15) is 33.6 Å². The van der Waals surface area contributed by atoms with Crippen molar-refractivity contribution in [1.29, 1.82) is 0 Å². The summed E-state index contributed by atoms with van der Waals surface area (Å²) in [6.45, 7) is 6.37. The van der Waals surface area contributed by atoms with E-state index in [0.717, 1.165) is 128 Å². The summed E-state index contributed by atoms with van der Waals surface area (Å²) in [6, 6.07) is -9.76. The fourth-order valence-electron chi connectivity index (χ4n) is 16.1. The number of nitrogens with one attached hydrogen (secondary N) is 6. The van der Waals surface area contributed by atoms with Crippen LogP contribution in [0.15, 0.2) is 0 Å². The molecule has 10 amide bonds. The second-order valence-corrected chi connectivity index (χ2v) is 27.4. The van der Waals surface area contributed by atoms with E-state index in [1.54, 1.807) is 16.7 Å². The second-order valence-electron chi connectivity index (χ2n) is 27.4. The molecule has 5 heterocycles. The van der Waals surface area contributed by atoms with Crippen molar-refractivity contribution in [1.82, 2.24) is 51.5 Å². The monoisotopic (exact) mass is 1170 g/mol. The van der Waals surface area contributed by atoms with Crippen molar-refractivity contribution in [2.45, 2.75) is 287 Å². The molecule has 468 valence electrons. The van der Waals surface area contributed by atoms with Gasteiger partial charge in [-0.25, -0.2) is 0 Å². The lowest BCUT2D eigenvalue weighted by molar-refractivity contribution is -0.149. The normalized spacial score (nSPS) is 33.0. The predicted molar refractivity (Wildman–Crippen MR) is 316 cm³/mol. The highest BCUT2D eigenvalue weighted by molar-refractivity contribution is 6.00. The summed E-state index contributed by atoms with van der Waals surface area (Å²) < 4.78 is 0. The fraction of sp³-hybridized carbons (Fsp3) is 0.844. The number of hydrogen-bond acceptors (Lipinski definition) is 10. The average Bonchev–Trinajstić information content (AvgIpc) is 4.21. The van der Waals surface area contributed by atoms with Gasteiger partial charge in [-0.3, -0.25) is 47.9 Å². The third-order valence-corrected chi connectivity index (χ3v) is 21.0. The number of rotatable bonds is 9. The van der Waals surface area contributed by atoms with Gasteiger partial charge in [-0.2, -0.15) is 0 Å². The Morgan fingerprint density at radius 1 is 0.310 bits per heavy atom. The molecule has 6 N–H and O–H groups in total. The van der Waals surface area contributed by atoms with E-state index in [0.29, 0.717) is 90.1 Å². The number of amides is 10. The molecule has 0 radical (unpaired) electrons. The third kappa shape index (κ3) is 15.8. The summed E-state index contributed by atoms with van der Waals surface area (Å²) in [4.78, 5) is 155. The van der Waals surface area contributed by atoms with Crippen molar-refractivity contribution in [3.8, 4) is 0 Å². The third-order valence-electron chi connectivity index (χ3n) is 21.0. The first-order valence-electron chi connectivity index (χ1n) is 33.6. The molecule has 20 heteroatoms. The Bertz CT molecular complexity index is 2350. The Labute approximate surface area is 499 Å². The van der Waals surface area contributed by atoms with Gasteiger partial charge in [-0.1, -0.05) is 142 Å². The number of fused-ring (bicyclic) bond motifs is 4. The molecule has 2 unspecified atom stereocenters. The molecule has 9 aliphatic rings. The van der Waals surface area contributed by atoms with E-state index in [-0.39, 0.29) is 54.5 Å². The molecule has 5 saturated heterocycles. The molecule has 0 aromatic carbocycles. The highest BCUT2D eigenvalue weighted by atomic mass is 16.2. The van der Waals surface area contributed by atoms with Gasteiger partial charge in [0.25, 0.3) is 0 Å². The molecule has 84 heavy (non-hydrogen) atoms. The van der Waals surface area contributed by atoms with Crippen molar-refractivity contribution >= 4 is 59.1 Å². The highest BCUT2D eigenvalue weighted by Crippen LogP contribution is 2.34. The van der Waals surface area contributed by atoms with Crippen molar-refractivity contribution in [3.05, 3.63) is 0 Å². The molecule has 20 nitrogen and oxygen atoms in total. The summed E-state index contributed by atoms with van der Waals surface area (Å²) in [5.41, 5.74) is 0. The molecule has 0 bridgehead atoms. The van der Waals surface area contributed by atoms with Gasteiger partial charge in [0.1, 0.15) is 60.4 Å². The van der Waals surface area contributed by atoms with Crippen molar-refractivity contribution in [2.24, 2.45) is 29.6 Å². The van der Waals surface area contributed by atoms with Crippen LogP contribution in [0.4, 0.5) is 0 Å². The van der Waals surface area contributed by atoms with E-state index in [1.165, 1.54) is 9.80 Å². The predicted octanol–water partition coefficient (Wildman–Crippen LogP) is 5.43. The smallest absolute Gasteiger partial charge is 0.246 e. The van der Waals surface area contributed by atoms with Crippen molar-refractivity contribution in [2.75, 3.05) is 26.2 Å². The zero-order valence-corrected chi connectivity index (χ0v) is 51.0. The van der Waals surface area contributed by atoms with Gasteiger partial charge in [0.2, 0.25) is 59.1 Å². The second kappa shape index (κ2) is 29.9. The number of carbonyl (C=O) groups is 10. The summed E-state index contributed by atoms with van der Waals surface area (Å²) in [6.07, 6.45) is 24.6. The minimum absolute atomic E-state index is 0.142. The van der Waals surface area contributed by atoms with Crippen molar-refractivity contribution in [3.63, 3.8) is 0 Å². The maximum absolute atomic E-state index is 15.2. The van der Waals surface area contributed by atoms with Crippen LogP contribution in [0.3, 0.4) is 0 Å². The molecule has 4 saturated carbocycles. The zero-order chi connectivity index (χ0) is 59.4. The van der Waals surface area contributed by atoms with Crippen LogP contribution in [0, 0.1) is 29.6 Å². The molecule has 0 spiro atoms. The number of carbonyl (C=O) groups excluding carboxylic acids is 10. The lowest BCUT2D eigenvalue weighted by Gasteiger charge is -2.36. The Morgan fingerprint density at radius 3 is 1.00 bits per heavy atom. The van der Waals surface area contributed by atoms with Crippen LogP contribution in [0.2, 0.25) is 0 Å². The van der Waals surface area contributed by atoms with Gasteiger partial charge in [0, 0.05) is 26.2 Å². The Morgan fingerprint density at radius 2 is 0.607 bits per heavy atom. The minimum atomic E-state index is -1.10. The molecule has 0 aromatic heterocycles. The molecular formula is C64H102N10O10.